The molecule has 0 unspecified atom stereocenters. The lowest BCUT2D eigenvalue weighted by Gasteiger charge is -2.07. The molecule has 0 saturated heterocycles. The number of hydrogen-bond acceptors (Lipinski definition) is 5. The summed E-state index contributed by atoms with van der Waals surface area (Å²) < 4.78 is 36.0. The van der Waals surface area contributed by atoms with E-state index in [1.165, 1.54) is 19.2 Å². The number of rotatable bonds is 5. The highest BCUT2D eigenvalue weighted by molar-refractivity contribution is 7.89. The van der Waals surface area contributed by atoms with E-state index in [9.17, 15) is 13.2 Å². The summed E-state index contributed by atoms with van der Waals surface area (Å²) >= 11 is 0. The van der Waals surface area contributed by atoms with E-state index >= 15 is 0 Å². The van der Waals surface area contributed by atoms with Gasteiger partial charge in [0.2, 0.25) is 16.8 Å². The molecule has 8 heteroatoms. The lowest BCUT2D eigenvalue weighted by Crippen LogP contribution is -2.23. The first kappa shape index (κ1) is 16.3. The Labute approximate surface area is 139 Å². The van der Waals surface area contributed by atoms with Gasteiger partial charge in [-0.2, -0.15) is 0 Å². The number of sulfonamides is 1. The quantitative estimate of drug-likeness (QED) is 0.848. The van der Waals surface area contributed by atoms with Crippen molar-refractivity contribution in [3.8, 4) is 11.5 Å². The van der Waals surface area contributed by atoms with Gasteiger partial charge in [0.25, 0.3) is 5.91 Å². The van der Waals surface area contributed by atoms with E-state index in [4.69, 9.17) is 9.47 Å². The molecule has 0 saturated carbocycles. The van der Waals surface area contributed by atoms with Crippen LogP contribution in [0.25, 0.3) is 0 Å². The molecule has 2 N–H and O–H groups in total. The van der Waals surface area contributed by atoms with Crippen molar-refractivity contribution in [2.45, 2.75) is 11.4 Å². The second kappa shape index (κ2) is 6.50. The molecule has 1 amide bonds. The van der Waals surface area contributed by atoms with E-state index in [-0.39, 0.29) is 24.1 Å². The van der Waals surface area contributed by atoms with E-state index in [2.05, 4.69) is 10.0 Å². The highest BCUT2D eigenvalue weighted by atomic mass is 32.2. The fourth-order valence-electron chi connectivity index (χ4n) is 2.23. The summed E-state index contributed by atoms with van der Waals surface area (Å²) in [6.07, 6.45) is 0. The van der Waals surface area contributed by atoms with Crippen molar-refractivity contribution in [3.63, 3.8) is 0 Å². The van der Waals surface area contributed by atoms with Crippen LogP contribution in [0.2, 0.25) is 0 Å². The zero-order chi connectivity index (χ0) is 17.2. The second-order valence-corrected chi connectivity index (χ2v) is 6.99. The molecule has 7 nitrogen and oxygen atoms in total. The van der Waals surface area contributed by atoms with Gasteiger partial charge in [-0.3, -0.25) is 4.79 Å². The third kappa shape index (κ3) is 3.34. The van der Waals surface area contributed by atoms with Crippen molar-refractivity contribution in [1.29, 1.82) is 0 Å². The molecule has 0 radical (unpaired) electrons. The van der Waals surface area contributed by atoms with Gasteiger partial charge in [0, 0.05) is 12.1 Å². The van der Waals surface area contributed by atoms with Gasteiger partial charge in [0.15, 0.2) is 11.5 Å². The summed E-state index contributed by atoms with van der Waals surface area (Å²) in [6, 6.07) is 11.3. The van der Waals surface area contributed by atoms with Crippen molar-refractivity contribution < 1.29 is 22.7 Å². The first-order valence-electron chi connectivity index (χ1n) is 7.20. The van der Waals surface area contributed by atoms with Gasteiger partial charge in [-0.15, -0.1) is 0 Å². The number of amides is 1. The zero-order valence-electron chi connectivity index (χ0n) is 12.9. The molecule has 2 aromatic carbocycles. The topological polar surface area (TPSA) is 93.7 Å². The molecule has 1 heterocycles. The zero-order valence-corrected chi connectivity index (χ0v) is 13.7. The van der Waals surface area contributed by atoms with Crippen molar-refractivity contribution in [3.05, 3.63) is 53.6 Å². The maximum atomic E-state index is 12.2. The lowest BCUT2D eigenvalue weighted by atomic mass is 10.1. The molecule has 0 aromatic heterocycles. The Morgan fingerprint density at radius 1 is 1.08 bits per heavy atom. The average molecular weight is 348 g/mol. The molecular formula is C16H16N2O5S. The van der Waals surface area contributed by atoms with Crippen LogP contribution in [0.5, 0.6) is 11.5 Å². The van der Waals surface area contributed by atoms with Crippen LogP contribution >= 0.6 is 0 Å². The Hall–Kier alpha value is -2.58. The number of hydrogen-bond donors (Lipinski definition) is 2. The van der Waals surface area contributed by atoms with Crippen LogP contribution < -0.4 is 19.5 Å². The van der Waals surface area contributed by atoms with Crippen molar-refractivity contribution in [2.24, 2.45) is 0 Å². The molecule has 3 rings (SSSR count). The average Bonchev–Trinajstić information content (AvgIpc) is 3.07. The van der Waals surface area contributed by atoms with E-state index in [0.717, 1.165) is 5.56 Å². The van der Waals surface area contributed by atoms with Crippen LogP contribution in [0.4, 0.5) is 0 Å². The second-order valence-electron chi connectivity index (χ2n) is 5.10. The number of ether oxygens (including phenoxy) is 2. The van der Waals surface area contributed by atoms with E-state index in [1.54, 1.807) is 30.3 Å². The van der Waals surface area contributed by atoms with Gasteiger partial charge in [0.1, 0.15) is 0 Å². The largest absolute Gasteiger partial charge is 0.454 e. The van der Waals surface area contributed by atoms with E-state index in [0.29, 0.717) is 17.1 Å². The molecular weight excluding hydrogens is 332 g/mol. The molecule has 0 fully saturated rings. The third-order valence-corrected chi connectivity index (χ3v) is 5.02. The van der Waals surface area contributed by atoms with Crippen LogP contribution in [0.3, 0.4) is 0 Å². The minimum atomic E-state index is -3.46. The molecule has 0 bridgehead atoms. The summed E-state index contributed by atoms with van der Waals surface area (Å²) in [4.78, 5) is 12.4. The minimum absolute atomic E-state index is 0.155. The van der Waals surface area contributed by atoms with Crippen LogP contribution in [-0.2, 0) is 16.6 Å². The molecule has 24 heavy (non-hydrogen) atoms. The van der Waals surface area contributed by atoms with Gasteiger partial charge < -0.3 is 14.8 Å². The predicted octanol–water partition coefficient (Wildman–Crippen LogP) is 1.25. The third-order valence-electron chi connectivity index (χ3n) is 3.59. The maximum Gasteiger partial charge on any atom is 0.251 e. The highest BCUT2D eigenvalue weighted by Crippen LogP contribution is 2.32. The van der Waals surface area contributed by atoms with Crippen LogP contribution in [-0.4, -0.2) is 28.2 Å². The Balaban J connectivity index is 1.64. The van der Waals surface area contributed by atoms with Gasteiger partial charge in [0.05, 0.1) is 4.90 Å². The van der Waals surface area contributed by atoms with E-state index < -0.39 is 10.0 Å². The number of nitrogens with one attached hydrogen (secondary N) is 2. The molecule has 126 valence electrons. The first-order chi connectivity index (χ1) is 11.5. The van der Waals surface area contributed by atoms with Gasteiger partial charge in [-0.25, -0.2) is 13.1 Å². The Morgan fingerprint density at radius 2 is 1.79 bits per heavy atom. The lowest BCUT2D eigenvalue weighted by molar-refractivity contribution is 0.0950. The fraction of sp³-hybridized carbons (Fsp3) is 0.188. The van der Waals surface area contributed by atoms with Gasteiger partial charge in [-0.05, 0) is 42.9 Å². The summed E-state index contributed by atoms with van der Waals surface area (Å²) in [7, 11) is -2.10. The molecule has 1 aliphatic rings. The first-order valence-corrected chi connectivity index (χ1v) is 8.68. The summed E-state index contributed by atoms with van der Waals surface area (Å²) in [5.74, 6) is 0.914. The predicted molar refractivity (Wildman–Crippen MR) is 86.4 cm³/mol. The Kier molecular flexibility index (Phi) is 4.41. The molecule has 0 atom stereocenters. The summed E-state index contributed by atoms with van der Waals surface area (Å²) in [6.45, 7) is 0.440. The minimum Gasteiger partial charge on any atom is -0.454 e. The van der Waals surface area contributed by atoms with Crippen LogP contribution in [0.15, 0.2) is 47.4 Å². The van der Waals surface area contributed by atoms with Crippen molar-refractivity contribution in [1.82, 2.24) is 10.0 Å². The summed E-state index contributed by atoms with van der Waals surface area (Å²) in [5, 5.41) is 2.78. The summed E-state index contributed by atoms with van der Waals surface area (Å²) in [5.41, 5.74) is 1.26. The standard InChI is InChI=1S/C16H16N2O5S/c1-17-24(20,21)13-5-2-11(3-6-13)9-18-16(19)12-4-7-14-15(8-12)23-10-22-14/h2-8,17H,9-10H2,1H3,(H,18,19). The van der Waals surface area contributed by atoms with Gasteiger partial charge >= 0.3 is 0 Å². The van der Waals surface area contributed by atoms with E-state index in [1.807, 2.05) is 0 Å². The molecule has 1 aliphatic heterocycles. The maximum absolute atomic E-state index is 12.2. The number of fused-ring (bicyclic) bond motifs is 1. The van der Waals surface area contributed by atoms with Crippen molar-refractivity contribution >= 4 is 15.9 Å². The number of carbonyl (C=O) groups is 1. The highest BCUT2D eigenvalue weighted by Gasteiger charge is 2.16. The smallest absolute Gasteiger partial charge is 0.251 e. The monoisotopic (exact) mass is 348 g/mol. The normalized spacial score (nSPS) is 12.9. The Bertz CT molecular complexity index is 863. The Morgan fingerprint density at radius 3 is 2.50 bits per heavy atom. The molecule has 0 spiro atoms. The SMILES string of the molecule is CNS(=O)(=O)c1ccc(CNC(=O)c2ccc3c(c2)OCO3)cc1. The van der Waals surface area contributed by atoms with Crippen LogP contribution in [0, 0.1) is 0 Å². The molecule has 2 aromatic rings. The van der Waals surface area contributed by atoms with Gasteiger partial charge in [-0.1, -0.05) is 12.1 Å². The van der Waals surface area contributed by atoms with Crippen molar-refractivity contribution in [2.75, 3.05) is 13.8 Å². The number of benzene rings is 2. The number of carbonyl (C=O) groups excluding carboxylic acids is 1. The van der Waals surface area contributed by atoms with Crippen LogP contribution in [0.1, 0.15) is 15.9 Å². The fourth-order valence-corrected chi connectivity index (χ4v) is 2.96. The molecule has 0 aliphatic carbocycles.